The Hall–Kier alpha value is -2.61. The first-order valence-corrected chi connectivity index (χ1v) is 12.2. The Labute approximate surface area is 191 Å². The van der Waals surface area contributed by atoms with Gasteiger partial charge in [-0.1, -0.05) is 30.3 Å². The highest BCUT2D eigenvalue weighted by Gasteiger charge is 2.43. The minimum absolute atomic E-state index is 0.0197. The average Bonchev–Trinajstić information content (AvgIpc) is 3.60. The minimum atomic E-state index is -0.397. The summed E-state index contributed by atoms with van der Waals surface area (Å²) >= 11 is 1.40. The van der Waals surface area contributed by atoms with Crippen LogP contribution in [-0.4, -0.2) is 31.3 Å². The number of hydrogen-bond acceptors (Lipinski definition) is 5. The molecule has 8 heteroatoms. The van der Waals surface area contributed by atoms with E-state index in [1.165, 1.54) is 43.5 Å². The number of aromatic nitrogens is 4. The van der Waals surface area contributed by atoms with Gasteiger partial charge in [0.25, 0.3) is 0 Å². The molecule has 2 aromatic heterocycles. The molecule has 6 nitrogen and oxygen atoms in total. The Balaban J connectivity index is 1.37. The van der Waals surface area contributed by atoms with Crippen molar-refractivity contribution in [3.05, 3.63) is 59.9 Å². The van der Waals surface area contributed by atoms with E-state index in [1.54, 1.807) is 30.5 Å². The lowest BCUT2D eigenvalue weighted by molar-refractivity contribution is 0.101. The summed E-state index contributed by atoms with van der Waals surface area (Å²) in [5.74, 6) is 2.89. The Kier molecular flexibility index (Phi) is 6.04. The maximum atomic E-state index is 14.0. The van der Waals surface area contributed by atoms with Crippen molar-refractivity contribution in [3.8, 4) is 5.75 Å². The summed E-state index contributed by atoms with van der Waals surface area (Å²) in [6, 6.07) is 10.2. The third-order valence-electron chi connectivity index (χ3n) is 6.98. The van der Waals surface area contributed by atoms with Gasteiger partial charge in [-0.3, -0.25) is 9.36 Å². The predicted octanol–water partition coefficient (Wildman–Crippen LogP) is 5.30. The number of para-hydroxylation sites is 1. The second-order valence-corrected chi connectivity index (χ2v) is 9.81. The van der Waals surface area contributed by atoms with Crippen LogP contribution in [-0.2, 0) is 6.61 Å². The average molecular weight is 455 g/mol. The number of hydrogen-bond donors (Lipinski definition) is 1. The number of nitrogens with zero attached hydrogens (tertiary/aromatic N) is 3. The van der Waals surface area contributed by atoms with Crippen LogP contribution in [0.15, 0.2) is 47.8 Å². The van der Waals surface area contributed by atoms with E-state index < -0.39 is 5.82 Å². The second-order valence-electron chi connectivity index (χ2n) is 8.86. The number of carbonyl (C=O) groups excluding carboxylic acids is 1. The monoisotopic (exact) mass is 454 g/mol. The highest BCUT2D eigenvalue weighted by Crippen LogP contribution is 2.52. The number of ether oxygens (including phenoxy) is 1. The van der Waals surface area contributed by atoms with Gasteiger partial charge in [-0.2, -0.15) is 0 Å². The summed E-state index contributed by atoms with van der Waals surface area (Å²) in [5, 5.41) is 9.50. The van der Waals surface area contributed by atoms with Gasteiger partial charge < -0.3 is 9.72 Å². The number of carbonyl (C=O) groups is 1. The quantitative estimate of drug-likeness (QED) is 0.351. The fourth-order valence-electron chi connectivity index (χ4n) is 5.41. The molecule has 0 spiro atoms. The van der Waals surface area contributed by atoms with Crippen molar-refractivity contribution >= 4 is 17.5 Å². The molecule has 2 aliphatic carbocycles. The summed E-state index contributed by atoms with van der Waals surface area (Å²) in [6.07, 6.45) is 6.91. The molecule has 5 rings (SSSR count). The van der Waals surface area contributed by atoms with E-state index in [0.29, 0.717) is 22.6 Å². The Bertz CT molecular complexity index is 1080. The predicted molar refractivity (Wildman–Crippen MR) is 120 cm³/mol. The Morgan fingerprint density at radius 2 is 2.12 bits per heavy atom. The molecule has 4 atom stereocenters. The van der Waals surface area contributed by atoms with Crippen molar-refractivity contribution in [2.24, 2.45) is 17.8 Å². The zero-order valence-corrected chi connectivity index (χ0v) is 18.9. The number of aromatic amines is 1. The SMILES string of the molecule is C[C@H]([C@@H]1C[C@H]2CC[C@H]1C2)n1c(COc2ccccc2F)nnc1SCC(=O)c1ccc[nH]1. The van der Waals surface area contributed by atoms with Crippen LogP contribution in [0.1, 0.15) is 55.0 Å². The third kappa shape index (κ3) is 4.20. The van der Waals surface area contributed by atoms with Gasteiger partial charge >= 0.3 is 0 Å². The van der Waals surface area contributed by atoms with Crippen LogP contribution < -0.4 is 4.74 Å². The smallest absolute Gasteiger partial charge is 0.192 e. The van der Waals surface area contributed by atoms with E-state index in [1.807, 2.05) is 6.07 Å². The van der Waals surface area contributed by atoms with Gasteiger partial charge in [0.15, 0.2) is 28.3 Å². The summed E-state index contributed by atoms with van der Waals surface area (Å²) in [5.41, 5.74) is 0.591. The molecule has 0 aliphatic heterocycles. The number of Topliss-reactive ketones (excluding diaryl/α,β-unsaturated/α-hetero) is 1. The molecule has 0 saturated heterocycles. The number of rotatable bonds is 9. The number of nitrogens with one attached hydrogen (secondary N) is 1. The number of thioether (sulfide) groups is 1. The molecule has 1 N–H and O–H groups in total. The summed E-state index contributed by atoms with van der Waals surface area (Å²) in [7, 11) is 0. The van der Waals surface area contributed by atoms with Crippen molar-refractivity contribution in [2.75, 3.05) is 5.75 Å². The van der Waals surface area contributed by atoms with Crippen molar-refractivity contribution in [2.45, 2.75) is 50.4 Å². The Morgan fingerprint density at radius 1 is 1.25 bits per heavy atom. The topological polar surface area (TPSA) is 72.8 Å². The molecular weight excluding hydrogens is 427 g/mol. The standard InChI is InChI=1S/C24H27FN4O2S/c1-15(18-12-16-8-9-17(18)11-16)29-23(13-31-22-7-3-2-5-19(22)25)27-28-24(29)32-14-21(30)20-6-4-10-26-20/h2-7,10,15-18,26H,8-9,11-14H2,1H3/t15-,16+,17+,18+/m1/s1. The lowest BCUT2D eigenvalue weighted by Crippen LogP contribution is -2.24. The molecule has 0 unspecified atom stereocenters. The van der Waals surface area contributed by atoms with Crippen LogP contribution in [0, 0.1) is 23.6 Å². The lowest BCUT2D eigenvalue weighted by atomic mass is 9.84. The number of fused-ring (bicyclic) bond motifs is 2. The molecule has 168 valence electrons. The first-order valence-electron chi connectivity index (χ1n) is 11.2. The second kappa shape index (κ2) is 9.10. The fraction of sp³-hybridized carbons (Fsp3) is 0.458. The molecule has 2 fully saturated rings. The molecule has 1 aromatic carbocycles. The minimum Gasteiger partial charge on any atom is -0.483 e. The van der Waals surface area contributed by atoms with Gasteiger partial charge in [-0.15, -0.1) is 10.2 Å². The number of ketones is 1. The van der Waals surface area contributed by atoms with Gasteiger partial charge in [0, 0.05) is 12.2 Å². The molecule has 2 bridgehead atoms. The highest BCUT2D eigenvalue weighted by atomic mass is 32.2. The number of H-pyrrole nitrogens is 1. The van der Waals surface area contributed by atoms with E-state index in [-0.39, 0.29) is 29.9 Å². The summed E-state index contributed by atoms with van der Waals surface area (Å²) in [4.78, 5) is 15.5. The molecule has 2 saturated carbocycles. The van der Waals surface area contributed by atoms with Crippen LogP contribution in [0.2, 0.25) is 0 Å². The van der Waals surface area contributed by atoms with Gasteiger partial charge in [0.2, 0.25) is 0 Å². The maximum Gasteiger partial charge on any atom is 0.192 e. The van der Waals surface area contributed by atoms with Crippen molar-refractivity contribution < 1.29 is 13.9 Å². The molecule has 2 aliphatic rings. The number of halogens is 1. The van der Waals surface area contributed by atoms with Crippen LogP contribution in [0.25, 0.3) is 0 Å². The van der Waals surface area contributed by atoms with Gasteiger partial charge in [0.1, 0.15) is 6.61 Å². The zero-order chi connectivity index (χ0) is 22.1. The molecule has 0 amide bonds. The van der Waals surface area contributed by atoms with Crippen LogP contribution in [0.5, 0.6) is 5.75 Å². The fourth-order valence-corrected chi connectivity index (χ4v) is 6.33. The van der Waals surface area contributed by atoms with Gasteiger partial charge in [-0.25, -0.2) is 4.39 Å². The molecule has 0 radical (unpaired) electrons. The summed E-state index contributed by atoms with van der Waals surface area (Å²) < 4.78 is 21.9. The van der Waals surface area contributed by atoms with Crippen molar-refractivity contribution in [1.29, 1.82) is 0 Å². The molecule has 32 heavy (non-hydrogen) atoms. The van der Waals surface area contributed by atoms with Crippen molar-refractivity contribution in [1.82, 2.24) is 19.7 Å². The lowest BCUT2D eigenvalue weighted by Gasteiger charge is -2.30. The molecule has 2 heterocycles. The zero-order valence-electron chi connectivity index (χ0n) is 18.0. The van der Waals surface area contributed by atoms with Gasteiger partial charge in [0.05, 0.1) is 11.4 Å². The van der Waals surface area contributed by atoms with E-state index in [2.05, 4.69) is 26.7 Å². The van der Waals surface area contributed by atoms with Crippen LogP contribution in [0.3, 0.4) is 0 Å². The van der Waals surface area contributed by atoms with Crippen LogP contribution in [0.4, 0.5) is 4.39 Å². The van der Waals surface area contributed by atoms with Crippen molar-refractivity contribution in [3.63, 3.8) is 0 Å². The Morgan fingerprint density at radius 3 is 2.84 bits per heavy atom. The third-order valence-corrected chi connectivity index (χ3v) is 7.92. The number of benzene rings is 1. The maximum absolute atomic E-state index is 14.0. The molecule has 3 aromatic rings. The van der Waals surface area contributed by atoms with E-state index >= 15 is 0 Å². The normalized spacial score (nSPS) is 22.9. The largest absolute Gasteiger partial charge is 0.483 e. The first-order chi connectivity index (χ1) is 15.6. The van der Waals surface area contributed by atoms with E-state index in [0.717, 1.165) is 11.8 Å². The summed E-state index contributed by atoms with van der Waals surface area (Å²) in [6.45, 7) is 2.35. The highest BCUT2D eigenvalue weighted by molar-refractivity contribution is 7.99. The first kappa shape index (κ1) is 21.2. The van der Waals surface area contributed by atoms with Gasteiger partial charge in [-0.05, 0) is 68.2 Å². The van der Waals surface area contributed by atoms with E-state index in [9.17, 15) is 9.18 Å². The van der Waals surface area contributed by atoms with E-state index in [4.69, 9.17) is 4.74 Å². The molecular formula is C24H27FN4O2S. The van der Waals surface area contributed by atoms with Crippen LogP contribution >= 0.6 is 11.8 Å².